The summed E-state index contributed by atoms with van der Waals surface area (Å²) in [6.07, 6.45) is 13.1. The molecule has 0 saturated heterocycles. The van der Waals surface area contributed by atoms with Gasteiger partial charge in [0.2, 0.25) is 0 Å². The van der Waals surface area contributed by atoms with Crippen LogP contribution in [0.2, 0.25) is 0 Å². The Balaban J connectivity index is 3.92. The van der Waals surface area contributed by atoms with E-state index < -0.39 is 5.97 Å². The molecule has 23 heavy (non-hydrogen) atoms. The maximum absolute atomic E-state index is 11.9. The first-order chi connectivity index (χ1) is 11.1. The van der Waals surface area contributed by atoms with Crippen LogP contribution in [0.5, 0.6) is 0 Å². The van der Waals surface area contributed by atoms with E-state index in [9.17, 15) is 9.59 Å². The maximum Gasteiger partial charge on any atom is 0.306 e. The van der Waals surface area contributed by atoms with Gasteiger partial charge in [-0.05, 0) is 38.5 Å². The van der Waals surface area contributed by atoms with E-state index in [0.29, 0.717) is 12.8 Å². The second kappa shape index (κ2) is 15.8. The molecule has 0 aliphatic heterocycles. The summed E-state index contributed by atoms with van der Waals surface area (Å²) in [5.74, 6) is -0.882. The SMILES string of the molecule is CCCCCCC(CCCCC)OC(=O)CCCCCC(=O)O. The van der Waals surface area contributed by atoms with Gasteiger partial charge in [-0.15, -0.1) is 0 Å². The number of carboxylic acid groups (broad SMARTS) is 1. The average molecular weight is 328 g/mol. The molecule has 4 heteroatoms. The van der Waals surface area contributed by atoms with Crippen LogP contribution >= 0.6 is 0 Å². The fourth-order valence-electron chi connectivity index (χ4n) is 2.65. The van der Waals surface area contributed by atoms with Crippen molar-refractivity contribution >= 4 is 11.9 Å². The highest BCUT2D eigenvalue weighted by molar-refractivity contribution is 5.69. The largest absolute Gasteiger partial charge is 0.481 e. The lowest BCUT2D eigenvalue weighted by Crippen LogP contribution is -2.18. The van der Waals surface area contributed by atoms with E-state index in [1.54, 1.807) is 0 Å². The quantitative estimate of drug-likeness (QED) is 0.301. The molecule has 0 saturated carbocycles. The fourth-order valence-corrected chi connectivity index (χ4v) is 2.65. The van der Waals surface area contributed by atoms with Crippen LogP contribution in [0.1, 0.15) is 104 Å². The maximum atomic E-state index is 11.9. The Hall–Kier alpha value is -1.06. The van der Waals surface area contributed by atoms with Crippen molar-refractivity contribution in [3.8, 4) is 0 Å². The number of aliphatic carboxylic acids is 1. The van der Waals surface area contributed by atoms with Gasteiger partial charge in [-0.3, -0.25) is 9.59 Å². The van der Waals surface area contributed by atoms with Crippen molar-refractivity contribution in [1.82, 2.24) is 0 Å². The summed E-state index contributed by atoms with van der Waals surface area (Å²) >= 11 is 0. The van der Waals surface area contributed by atoms with Crippen molar-refractivity contribution < 1.29 is 19.4 Å². The number of carbonyl (C=O) groups is 2. The summed E-state index contributed by atoms with van der Waals surface area (Å²) in [6, 6.07) is 0. The summed E-state index contributed by atoms with van der Waals surface area (Å²) in [5.41, 5.74) is 0. The molecule has 0 spiro atoms. The van der Waals surface area contributed by atoms with Crippen LogP contribution in [-0.2, 0) is 14.3 Å². The smallest absolute Gasteiger partial charge is 0.306 e. The second-order valence-electron chi connectivity index (χ2n) is 6.41. The standard InChI is InChI=1S/C19H36O4/c1-3-5-7-10-14-17(13-9-6-4-2)23-19(22)16-12-8-11-15-18(20)21/h17H,3-16H2,1-2H3,(H,20,21). The van der Waals surface area contributed by atoms with Crippen molar-refractivity contribution in [1.29, 1.82) is 0 Å². The first kappa shape index (κ1) is 21.9. The molecule has 4 nitrogen and oxygen atoms in total. The highest BCUT2D eigenvalue weighted by Gasteiger charge is 2.14. The molecule has 0 heterocycles. The predicted molar refractivity (Wildman–Crippen MR) is 93.5 cm³/mol. The molecule has 1 N–H and O–H groups in total. The lowest BCUT2D eigenvalue weighted by atomic mass is 10.0. The number of carboxylic acids is 1. The topological polar surface area (TPSA) is 63.6 Å². The lowest BCUT2D eigenvalue weighted by molar-refractivity contribution is -0.150. The number of rotatable bonds is 16. The number of unbranched alkanes of at least 4 members (excludes halogenated alkanes) is 7. The number of hydrogen-bond donors (Lipinski definition) is 1. The number of hydrogen-bond acceptors (Lipinski definition) is 3. The Morgan fingerprint density at radius 3 is 1.91 bits per heavy atom. The Bertz CT molecular complexity index is 302. The van der Waals surface area contributed by atoms with Crippen molar-refractivity contribution in [2.75, 3.05) is 0 Å². The first-order valence-corrected chi connectivity index (χ1v) is 9.51. The van der Waals surface area contributed by atoms with Gasteiger partial charge >= 0.3 is 11.9 Å². The minimum absolute atomic E-state index is 0.0740. The van der Waals surface area contributed by atoms with Crippen LogP contribution in [0.4, 0.5) is 0 Å². The van der Waals surface area contributed by atoms with Gasteiger partial charge in [0.05, 0.1) is 0 Å². The highest BCUT2D eigenvalue weighted by atomic mass is 16.5. The summed E-state index contributed by atoms with van der Waals surface area (Å²) in [5, 5.41) is 8.57. The number of ether oxygens (including phenoxy) is 1. The molecule has 1 unspecified atom stereocenters. The van der Waals surface area contributed by atoms with E-state index in [-0.39, 0.29) is 18.5 Å². The zero-order chi connectivity index (χ0) is 17.3. The van der Waals surface area contributed by atoms with Crippen molar-refractivity contribution in [2.24, 2.45) is 0 Å². The van der Waals surface area contributed by atoms with Crippen molar-refractivity contribution in [3.63, 3.8) is 0 Å². The average Bonchev–Trinajstić information content (AvgIpc) is 2.50. The third-order valence-electron chi connectivity index (χ3n) is 4.08. The lowest BCUT2D eigenvalue weighted by Gasteiger charge is -2.18. The molecule has 0 aliphatic rings. The summed E-state index contributed by atoms with van der Waals surface area (Å²) in [7, 11) is 0. The van der Waals surface area contributed by atoms with Gasteiger partial charge in [-0.25, -0.2) is 0 Å². The molecule has 0 aromatic heterocycles. The molecule has 0 fully saturated rings. The molecular formula is C19H36O4. The van der Waals surface area contributed by atoms with Gasteiger partial charge in [-0.2, -0.15) is 0 Å². The van der Waals surface area contributed by atoms with Crippen molar-refractivity contribution in [2.45, 2.75) is 110 Å². The monoisotopic (exact) mass is 328 g/mol. The highest BCUT2D eigenvalue weighted by Crippen LogP contribution is 2.16. The zero-order valence-corrected chi connectivity index (χ0v) is 15.1. The molecule has 0 aromatic carbocycles. The van der Waals surface area contributed by atoms with Gasteiger partial charge < -0.3 is 9.84 Å². The molecule has 1 atom stereocenters. The van der Waals surface area contributed by atoms with Gasteiger partial charge in [0.15, 0.2) is 0 Å². The van der Waals surface area contributed by atoms with Crippen LogP contribution < -0.4 is 0 Å². The summed E-state index contributed by atoms with van der Waals surface area (Å²) in [6.45, 7) is 4.38. The summed E-state index contributed by atoms with van der Waals surface area (Å²) in [4.78, 5) is 22.4. The van der Waals surface area contributed by atoms with Crippen LogP contribution in [-0.4, -0.2) is 23.1 Å². The minimum atomic E-state index is -0.768. The zero-order valence-electron chi connectivity index (χ0n) is 15.1. The van der Waals surface area contributed by atoms with Crippen LogP contribution in [0.25, 0.3) is 0 Å². The van der Waals surface area contributed by atoms with Gasteiger partial charge in [-0.1, -0.05) is 52.4 Å². The van der Waals surface area contributed by atoms with Crippen LogP contribution in [0.15, 0.2) is 0 Å². The molecule has 0 radical (unpaired) electrons. The van der Waals surface area contributed by atoms with E-state index in [2.05, 4.69) is 13.8 Å². The van der Waals surface area contributed by atoms with Gasteiger partial charge in [0.1, 0.15) is 6.10 Å². The molecule has 0 rings (SSSR count). The van der Waals surface area contributed by atoms with Gasteiger partial charge in [0.25, 0.3) is 0 Å². The molecular weight excluding hydrogens is 292 g/mol. The summed E-state index contributed by atoms with van der Waals surface area (Å²) < 4.78 is 5.65. The molecule has 0 aliphatic carbocycles. The van der Waals surface area contributed by atoms with E-state index in [4.69, 9.17) is 9.84 Å². The third kappa shape index (κ3) is 15.6. The molecule has 136 valence electrons. The van der Waals surface area contributed by atoms with Crippen LogP contribution in [0, 0.1) is 0 Å². The number of esters is 1. The third-order valence-corrected chi connectivity index (χ3v) is 4.08. The second-order valence-corrected chi connectivity index (χ2v) is 6.41. The molecule has 0 bridgehead atoms. The predicted octanol–water partition coefficient (Wildman–Crippen LogP) is 5.48. The van der Waals surface area contributed by atoms with E-state index in [1.807, 2.05) is 0 Å². The Kier molecular flexibility index (Phi) is 15.1. The molecule has 0 amide bonds. The van der Waals surface area contributed by atoms with Crippen molar-refractivity contribution in [3.05, 3.63) is 0 Å². The Labute approximate surface area is 142 Å². The fraction of sp³-hybridized carbons (Fsp3) is 0.895. The van der Waals surface area contributed by atoms with E-state index in [1.165, 1.54) is 32.1 Å². The Morgan fingerprint density at radius 2 is 1.30 bits per heavy atom. The van der Waals surface area contributed by atoms with Gasteiger partial charge in [0, 0.05) is 12.8 Å². The van der Waals surface area contributed by atoms with Crippen LogP contribution in [0.3, 0.4) is 0 Å². The normalized spacial score (nSPS) is 12.1. The van der Waals surface area contributed by atoms with E-state index >= 15 is 0 Å². The van der Waals surface area contributed by atoms with E-state index in [0.717, 1.165) is 38.5 Å². The molecule has 0 aromatic rings. The number of carbonyl (C=O) groups excluding carboxylic acids is 1. The minimum Gasteiger partial charge on any atom is -0.481 e. The Morgan fingerprint density at radius 1 is 0.783 bits per heavy atom. The first-order valence-electron chi connectivity index (χ1n) is 9.51.